The number of amides is 2. The summed E-state index contributed by atoms with van der Waals surface area (Å²) < 4.78 is 13.1. The molecule has 120 valence electrons. The first-order chi connectivity index (χ1) is 10.7. The Morgan fingerprint density at radius 1 is 1.32 bits per heavy atom. The summed E-state index contributed by atoms with van der Waals surface area (Å²) in [6.07, 6.45) is 4.05. The minimum absolute atomic E-state index is 0.0953. The number of benzene rings is 1. The smallest absolute Gasteiger partial charge is 0.315 e. The number of nitrogens with one attached hydrogen (secondary N) is 2. The van der Waals surface area contributed by atoms with Gasteiger partial charge in [-0.25, -0.2) is 9.18 Å². The van der Waals surface area contributed by atoms with Gasteiger partial charge in [0.1, 0.15) is 5.82 Å². The number of hydrogen-bond acceptors (Lipinski definition) is 2. The lowest BCUT2D eigenvalue weighted by atomic mass is 9.85. The predicted molar refractivity (Wildman–Crippen MR) is 81.8 cm³/mol. The highest BCUT2D eigenvalue weighted by Crippen LogP contribution is 2.48. The van der Waals surface area contributed by atoms with Crippen LogP contribution in [0.4, 0.5) is 9.18 Å². The van der Waals surface area contributed by atoms with Gasteiger partial charge in [0, 0.05) is 25.1 Å². The third-order valence-corrected chi connectivity index (χ3v) is 5.19. The fourth-order valence-corrected chi connectivity index (χ4v) is 4.11. The molecule has 1 aromatic rings. The Hall–Kier alpha value is -1.62. The molecule has 2 bridgehead atoms. The van der Waals surface area contributed by atoms with Crippen molar-refractivity contribution in [3.8, 4) is 0 Å². The SMILES string of the molecule is O=C(NCCc1cccc(F)c1)NC1C2CCC(C2)C1CO. The quantitative estimate of drug-likeness (QED) is 0.780. The number of carbonyl (C=O) groups is 1. The summed E-state index contributed by atoms with van der Waals surface area (Å²) in [6, 6.07) is 6.32. The van der Waals surface area contributed by atoms with Gasteiger partial charge < -0.3 is 15.7 Å². The van der Waals surface area contributed by atoms with Gasteiger partial charge in [-0.15, -0.1) is 0 Å². The van der Waals surface area contributed by atoms with E-state index < -0.39 is 0 Å². The van der Waals surface area contributed by atoms with Crippen LogP contribution in [0.1, 0.15) is 24.8 Å². The summed E-state index contributed by atoms with van der Waals surface area (Å²) in [5.41, 5.74) is 0.869. The first-order valence-corrected chi connectivity index (χ1v) is 8.07. The molecule has 2 fully saturated rings. The second kappa shape index (κ2) is 6.65. The van der Waals surface area contributed by atoms with Crippen molar-refractivity contribution in [3.05, 3.63) is 35.6 Å². The van der Waals surface area contributed by atoms with Gasteiger partial charge in [-0.1, -0.05) is 12.1 Å². The lowest BCUT2D eigenvalue weighted by Gasteiger charge is -2.30. The van der Waals surface area contributed by atoms with Crippen LogP contribution in [-0.2, 0) is 6.42 Å². The highest BCUT2D eigenvalue weighted by molar-refractivity contribution is 5.74. The van der Waals surface area contributed by atoms with Crippen LogP contribution < -0.4 is 10.6 Å². The van der Waals surface area contributed by atoms with Crippen LogP contribution in [-0.4, -0.2) is 30.3 Å². The van der Waals surface area contributed by atoms with Gasteiger partial charge in [0.05, 0.1) is 0 Å². The average Bonchev–Trinajstić information content (AvgIpc) is 3.08. The largest absolute Gasteiger partial charge is 0.396 e. The molecule has 2 saturated carbocycles. The van der Waals surface area contributed by atoms with Crippen molar-refractivity contribution in [2.24, 2.45) is 17.8 Å². The maximum atomic E-state index is 13.1. The number of rotatable bonds is 5. The molecule has 0 spiro atoms. The molecule has 0 radical (unpaired) electrons. The third-order valence-electron chi connectivity index (χ3n) is 5.19. The van der Waals surface area contributed by atoms with E-state index in [1.54, 1.807) is 6.07 Å². The first kappa shape index (κ1) is 15.3. The fraction of sp³-hybridized carbons (Fsp3) is 0.588. The zero-order valence-corrected chi connectivity index (χ0v) is 12.6. The van der Waals surface area contributed by atoms with Crippen molar-refractivity contribution in [3.63, 3.8) is 0 Å². The Kier molecular flexibility index (Phi) is 4.62. The van der Waals surface area contributed by atoms with Gasteiger partial charge in [-0.3, -0.25) is 0 Å². The van der Waals surface area contributed by atoms with Crippen LogP contribution in [0, 0.1) is 23.6 Å². The number of aliphatic hydroxyl groups excluding tert-OH is 1. The molecule has 0 aliphatic heterocycles. The maximum Gasteiger partial charge on any atom is 0.315 e. The van der Waals surface area contributed by atoms with E-state index in [2.05, 4.69) is 10.6 Å². The molecule has 2 aliphatic rings. The average molecular weight is 306 g/mol. The zero-order valence-electron chi connectivity index (χ0n) is 12.6. The van der Waals surface area contributed by atoms with Crippen LogP contribution >= 0.6 is 0 Å². The lowest BCUT2D eigenvalue weighted by molar-refractivity contribution is 0.144. The maximum absolute atomic E-state index is 13.1. The minimum Gasteiger partial charge on any atom is -0.396 e. The van der Waals surface area contributed by atoms with E-state index in [0.717, 1.165) is 18.4 Å². The monoisotopic (exact) mass is 306 g/mol. The summed E-state index contributed by atoms with van der Waals surface area (Å²) in [5, 5.41) is 15.4. The van der Waals surface area contributed by atoms with Crippen molar-refractivity contribution < 1.29 is 14.3 Å². The molecule has 0 saturated heterocycles. The highest BCUT2D eigenvalue weighted by atomic mass is 19.1. The number of fused-ring (bicyclic) bond motifs is 2. The summed E-state index contributed by atoms with van der Waals surface area (Å²) in [7, 11) is 0. The molecule has 0 aromatic heterocycles. The second-order valence-corrected chi connectivity index (χ2v) is 6.49. The van der Waals surface area contributed by atoms with E-state index >= 15 is 0 Å². The summed E-state index contributed by atoms with van der Waals surface area (Å²) in [6.45, 7) is 0.620. The van der Waals surface area contributed by atoms with Gasteiger partial charge in [0.15, 0.2) is 0 Å². The molecule has 5 heteroatoms. The number of hydrogen-bond donors (Lipinski definition) is 3. The van der Waals surface area contributed by atoms with E-state index in [1.165, 1.54) is 18.6 Å². The molecule has 3 N–H and O–H groups in total. The van der Waals surface area contributed by atoms with Crippen molar-refractivity contribution >= 4 is 6.03 Å². The van der Waals surface area contributed by atoms with Gasteiger partial charge >= 0.3 is 6.03 Å². The summed E-state index contributed by atoms with van der Waals surface area (Å²) in [4.78, 5) is 12.0. The van der Waals surface area contributed by atoms with Crippen molar-refractivity contribution in [2.75, 3.05) is 13.2 Å². The van der Waals surface area contributed by atoms with Crippen molar-refractivity contribution in [1.82, 2.24) is 10.6 Å². The van der Waals surface area contributed by atoms with Crippen molar-refractivity contribution in [1.29, 1.82) is 0 Å². The minimum atomic E-state index is -0.255. The molecule has 2 amide bonds. The van der Waals surface area contributed by atoms with Gasteiger partial charge in [0.25, 0.3) is 0 Å². The Bertz CT molecular complexity index is 537. The normalized spacial score (nSPS) is 29.5. The Morgan fingerprint density at radius 3 is 2.91 bits per heavy atom. The second-order valence-electron chi connectivity index (χ2n) is 6.49. The number of carbonyl (C=O) groups excluding carboxylic acids is 1. The highest BCUT2D eigenvalue weighted by Gasteiger charge is 2.47. The van der Waals surface area contributed by atoms with Crippen LogP contribution in [0.15, 0.2) is 24.3 Å². The Labute approximate surface area is 130 Å². The third kappa shape index (κ3) is 3.24. The zero-order chi connectivity index (χ0) is 15.5. The van der Waals surface area contributed by atoms with Crippen molar-refractivity contribution in [2.45, 2.75) is 31.7 Å². The molecular formula is C17H23FN2O2. The topological polar surface area (TPSA) is 61.4 Å². The molecule has 4 unspecified atom stereocenters. The molecular weight excluding hydrogens is 283 g/mol. The predicted octanol–water partition coefficient (Wildman–Crippen LogP) is 2.07. The Morgan fingerprint density at radius 2 is 2.14 bits per heavy atom. The fourth-order valence-electron chi connectivity index (χ4n) is 4.11. The molecule has 1 aromatic carbocycles. The van der Waals surface area contributed by atoms with Gasteiger partial charge in [-0.05, 0) is 55.2 Å². The van der Waals surface area contributed by atoms with Gasteiger partial charge in [-0.2, -0.15) is 0 Å². The van der Waals surface area contributed by atoms with Crippen LogP contribution in [0.3, 0.4) is 0 Å². The lowest BCUT2D eigenvalue weighted by Crippen LogP contribution is -2.49. The molecule has 2 aliphatic carbocycles. The van der Waals surface area contributed by atoms with Crippen LogP contribution in [0.5, 0.6) is 0 Å². The van der Waals surface area contributed by atoms with Crippen LogP contribution in [0.2, 0.25) is 0 Å². The number of urea groups is 1. The van der Waals surface area contributed by atoms with E-state index in [0.29, 0.717) is 24.8 Å². The standard InChI is InChI=1S/C17H23FN2O2/c18-14-3-1-2-11(8-14)6-7-19-17(22)20-16-13-5-4-12(9-13)15(16)10-21/h1-3,8,12-13,15-16,21H,4-7,9-10H2,(H2,19,20,22). The molecule has 4 nitrogen and oxygen atoms in total. The molecule has 22 heavy (non-hydrogen) atoms. The first-order valence-electron chi connectivity index (χ1n) is 8.07. The van der Waals surface area contributed by atoms with Gasteiger partial charge in [0.2, 0.25) is 0 Å². The number of aliphatic hydroxyl groups is 1. The van der Waals surface area contributed by atoms with Crippen LogP contribution in [0.25, 0.3) is 0 Å². The van der Waals surface area contributed by atoms with E-state index in [-0.39, 0.29) is 30.4 Å². The summed E-state index contributed by atoms with van der Waals surface area (Å²) in [5.74, 6) is 1.02. The Balaban J connectivity index is 1.45. The molecule has 0 heterocycles. The van der Waals surface area contributed by atoms with E-state index in [1.807, 2.05) is 6.07 Å². The van der Waals surface area contributed by atoms with E-state index in [4.69, 9.17) is 0 Å². The molecule has 4 atom stereocenters. The molecule has 3 rings (SSSR count). The number of halogens is 1. The summed E-state index contributed by atoms with van der Waals surface area (Å²) >= 11 is 0. The van der Waals surface area contributed by atoms with E-state index in [9.17, 15) is 14.3 Å².